The predicted octanol–water partition coefficient (Wildman–Crippen LogP) is 15.9. The summed E-state index contributed by atoms with van der Waals surface area (Å²) in [6, 6.07) is 68.5. The predicted molar refractivity (Wildman–Crippen MR) is 248 cm³/mol. The SMILES string of the molecule is CC1(C)c2ccccc2-c2c1ccc1c2C(C)(C)c2cc(-c3ccc(-c4c5ccccc5c(-c5cccc6ccccc56)c5ccccc45)c4ccccc34)ccc2-1. The molecule has 0 aliphatic heterocycles. The Morgan fingerprint density at radius 3 is 1.45 bits per heavy atom. The van der Waals surface area contributed by atoms with Gasteiger partial charge in [-0.15, -0.1) is 0 Å². The van der Waals surface area contributed by atoms with Crippen LogP contribution < -0.4 is 0 Å². The molecule has 0 bridgehead atoms. The zero-order chi connectivity index (χ0) is 38.9. The fraction of sp³-hybridized carbons (Fsp3) is 0.103. The van der Waals surface area contributed by atoms with E-state index < -0.39 is 0 Å². The van der Waals surface area contributed by atoms with Gasteiger partial charge in [-0.05, 0) is 127 Å². The van der Waals surface area contributed by atoms with Gasteiger partial charge in [0.15, 0.2) is 0 Å². The van der Waals surface area contributed by atoms with E-state index in [4.69, 9.17) is 0 Å². The van der Waals surface area contributed by atoms with Crippen molar-refractivity contribution in [1.82, 2.24) is 0 Å². The van der Waals surface area contributed by atoms with Crippen molar-refractivity contribution in [2.75, 3.05) is 0 Å². The minimum Gasteiger partial charge on any atom is -0.0619 e. The molecule has 0 unspecified atom stereocenters. The second kappa shape index (κ2) is 11.9. The van der Waals surface area contributed by atoms with E-state index in [-0.39, 0.29) is 10.8 Å². The summed E-state index contributed by atoms with van der Waals surface area (Å²) in [7, 11) is 0. The van der Waals surface area contributed by atoms with E-state index in [2.05, 4.69) is 210 Å². The van der Waals surface area contributed by atoms with Gasteiger partial charge in [0.2, 0.25) is 0 Å². The van der Waals surface area contributed by atoms with E-state index in [0.717, 1.165) is 0 Å². The fourth-order valence-electron chi connectivity index (χ4n) is 11.2. The van der Waals surface area contributed by atoms with Crippen LogP contribution >= 0.6 is 0 Å². The molecule has 0 atom stereocenters. The molecule has 2 aliphatic carbocycles. The van der Waals surface area contributed by atoms with Crippen LogP contribution in [0.4, 0.5) is 0 Å². The van der Waals surface area contributed by atoms with Crippen molar-refractivity contribution in [3.8, 4) is 55.6 Å². The van der Waals surface area contributed by atoms with E-state index >= 15 is 0 Å². The number of benzene rings is 10. The summed E-state index contributed by atoms with van der Waals surface area (Å²) in [5.41, 5.74) is 18.8. The van der Waals surface area contributed by atoms with Crippen LogP contribution in [0, 0.1) is 0 Å². The fourth-order valence-corrected chi connectivity index (χ4v) is 11.2. The van der Waals surface area contributed by atoms with Crippen molar-refractivity contribution in [2.45, 2.75) is 38.5 Å². The Morgan fingerprint density at radius 1 is 0.276 bits per heavy atom. The molecular weight excluding hydrogens is 697 g/mol. The summed E-state index contributed by atoms with van der Waals surface area (Å²) in [5.74, 6) is 0. The molecule has 0 spiro atoms. The molecule has 274 valence electrons. The van der Waals surface area contributed by atoms with Crippen LogP contribution in [0.3, 0.4) is 0 Å². The van der Waals surface area contributed by atoms with Gasteiger partial charge in [0.05, 0.1) is 0 Å². The Morgan fingerprint density at radius 2 is 0.759 bits per heavy atom. The molecule has 2 aliphatic rings. The van der Waals surface area contributed by atoms with Gasteiger partial charge < -0.3 is 0 Å². The average molecular weight is 739 g/mol. The summed E-state index contributed by atoms with van der Waals surface area (Å²) in [4.78, 5) is 0. The Balaban J connectivity index is 1.06. The van der Waals surface area contributed by atoms with Crippen LogP contribution in [0.5, 0.6) is 0 Å². The molecule has 0 amide bonds. The number of fused-ring (bicyclic) bond motifs is 11. The molecule has 0 nitrogen and oxygen atoms in total. The van der Waals surface area contributed by atoms with Crippen LogP contribution in [-0.4, -0.2) is 0 Å². The third kappa shape index (κ3) is 4.41. The van der Waals surface area contributed by atoms with Crippen LogP contribution in [0.25, 0.3) is 98.7 Å². The summed E-state index contributed by atoms with van der Waals surface area (Å²) in [5, 5.41) is 10.2. The van der Waals surface area contributed by atoms with Gasteiger partial charge in [-0.2, -0.15) is 0 Å². The van der Waals surface area contributed by atoms with Crippen molar-refractivity contribution < 1.29 is 0 Å². The van der Waals surface area contributed by atoms with E-state index in [9.17, 15) is 0 Å². The molecule has 0 fully saturated rings. The summed E-state index contributed by atoms with van der Waals surface area (Å²) < 4.78 is 0. The average Bonchev–Trinajstić information content (AvgIpc) is 3.64. The molecule has 12 rings (SSSR count). The number of hydrogen-bond donors (Lipinski definition) is 0. The lowest BCUT2D eigenvalue weighted by Crippen LogP contribution is -2.18. The van der Waals surface area contributed by atoms with Gasteiger partial charge in [-0.25, -0.2) is 0 Å². The molecule has 0 heteroatoms. The van der Waals surface area contributed by atoms with Crippen molar-refractivity contribution in [2.24, 2.45) is 0 Å². The Bertz CT molecular complexity index is 3330. The summed E-state index contributed by atoms with van der Waals surface area (Å²) >= 11 is 0. The molecule has 0 saturated carbocycles. The molecule has 0 saturated heterocycles. The summed E-state index contributed by atoms with van der Waals surface area (Å²) in [6.07, 6.45) is 0. The largest absolute Gasteiger partial charge is 0.0619 e. The molecule has 10 aromatic carbocycles. The van der Waals surface area contributed by atoms with Gasteiger partial charge in [-0.3, -0.25) is 0 Å². The first-order valence-electron chi connectivity index (χ1n) is 20.7. The standard InChI is InChI=1S/C58H42/c1-57(2)50-27-14-13-25-49(50)55-51(57)33-32-48-41-29-28-36(34-52(41)58(3,4)56(48)55)38-30-31-47(40-20-8-7-19-39(38)40)54-45-23-11-9-21-43(45)53(44-22-10-12-24-46(44)54)42-26-15-17-35-16-5-6-18-37(35)42/h5-34H,1-4H3. The lowest BCUT2D eigenvalue weighted by molar-refractivity contribution is 0.647. The van der Waals surface area contributed by atoms with Gasteiger partial charge in [0, 0.05) is 10.8 Å². The van der Waals surface area contributed by atoms with E-state index in [1.807, 2.05) is 0 Å². The highest BCUT2D eigenvalue weighted by Gasteiger charge is 2.44. The molecule has 0 heterocycles. The monoisotopic (exact) mass is 738 g/mol. The smallest absolute Gasteiger partial charge is 0.0165 e. The second-order valence-corrected chi connectivity index (χ2v) is 17.5. The zero-order valence-corrected chi connectivity index (χ0v) is 33.3. The third-order valence-electron chi connectivity index (χ3n) is 13.9. The maximum atomic E-state index is 2.50. The number of hydrogen-bond acceptors (Lipinski definition) is 0. The molecule has 0 aromatic heterocycles. The lowest BCUT2D eigenvalue weighted by atomic mass is 9.76. The highest BCUT2D eigenvalue weighted by molar-refractivity contribution is 6.25. The third-order valence-corrected chi connectivity index (χ3v) is 13.9. The van der Waals surface area contributed by atoms with Crippen molar-refractivity contribution in [1.29, 1.82) is 0 Å². The Labute approximate surface area is 340 Å². The molecule has 0 radical (unpaired) electrons. The molecule has 0 N–H and O–H groups in total. The zero-order valence-electron chi connectivity index (χ0n) is 33.3. The highest BCUT2D eigenvalue weighted by atomic mass is 14.5. The van der Waals surface area contributed by atoms with Crippen LogP contribution in [-0.2, 0) is 10.8 Å². The van der Waals surface area contributed by atoms with Crippen LogP contribution in [0.2, 0.25) is 0 Å². The molecule has 10 aromatic rings. The normalized spacial score (nSPS) is 14.5. The van der Waals surface area contributed by atoms with Crippen LogP contribution in [0.15, 0.2) is 182 Å². The van der Waals surface area contributed by atoms with Gasteiger partial charge in [-0.1, -0.05) is 204 Å². The summed E-state index contributed by atoms with van der Waals surface area (Å²) in [6.45, 7) is 9.65. The maximum Gasteiger partial charge on any atom is 0.0165 e. The van der Waals surface area contributed by atoms with E-state index in [0.29, 0.717) is 0 Å². The van der Waals surface area contributed by atoms with Gasteiger partial charge >= 0.3 is 0 Å². The second-order valence-electron chi connectivity index (χ2n) is 17.5. The molecular formula is C58H42. The first-order valence-corrected chi connectivity index (χ1v) is 20.7. The van der Waals surface area contributed by atoms with E-state index in [1.54, 1.807) is 0 Å². The minimum atomic E-state index is -0.154. The van der Waals surface area contributed by atoms with Crippen molar-refractivity contribution in [3.05, 3.63) is 204 Å². The minimum absolute atomic E-state index is 0.0233. The first kappa shape index (κ1) is 33.4. The van der Waals surface area contributed by atoms with E-state index in [1.165, 1.54) is 121 Å². The Kier molecular flexibility index (Phi) is 6.84. The number of rotatable bonds is 3. The molecule has 58 heavy (non-hydrogen) atoms. The van der Waals surface area contributed by atoms with Gasteiger partial charge in [0.1, 0.15) is 0 Å². The van der Waals surface area contributed by atoms with Crippen molar-refractivity contribution in [3.63, 3.8) is 0 Å². The first-order chi connectivity index (χ1) is 28.3. The van der Waals surface area contributed by atoms with Gasteiger partial charge in [0.25, 0.3) is 0 Å². The maximum absolute atomic E-state index is 2.50. The van der Waals surface area contributed by atoms with Crippen LogP contribution in [0.1, 0.15) is 49.9 Å². The Hall–Kier alpha value is -6.76. The van der Waals surface area contributed by atoms with Crippen molar-refractivity contribution >= 4 is 43.1 Å². The topological polar surface area (TPSA) is 0 Å². The highest BCUT2D eigenvalue weighted by Crippen LogP contribution is 2.59. The lowest BCUT2D eigenvalue weighted by Gasteiger charge is -2.26. The quantitative estimate of drug-likeness (QED) is 0.158.